The molecule has 8 heteroatoms. The van der Waals surface area contributed by atoms with Crippen LogP contribution in [0, 0.1) is 23.7 Å². The third-order valence-corrected chi connectivity index (χ3v) is 7.07. The lowest BCUT2D eigenvalue weighted by Crippen LogP contribution is -2.43. The van der Waals surface area contributed by atoms with Gasteiger partial charge in [0.25, 0.3) is 0 Å². The van der Waals surface area contributed by atoms with E-state index >= 15 is 0 Å². The lowest BCUT2D eigenvalue weighted by molar-refractivity contribution is -0.140. The Morgan fingerprint density at radius 3 is 2.38 bits per heavy atom. The summed E-state index contributed by atoms with van der Waals surface area (Å²) in [5.41, 5.74) is 1.10. The molecule has 180 valence electrons. The molecule has 2 N–H and O–H groups in total. The van der Waals surface area contributed by atoms with Crippen LogP contribution in [0.15, 0.2) is 53.5 Å². The number of likely N-dealkylation sites (tertiary alicyclic amines) is 1. The van der Waals surface area contributed by atoms with Gasteiger partial charge in [-0.1, -0.05) is 30.4 Å². The maximum absolute atomic E-state index is 12.8. The summed E-state index contributed by atoms with van der Waals surface area (Å²) in [7, 11) is 1.67. The van der Waals surface area contributed by atoms with Gasteiger partial charge in [0.15, 0.2) is 5.96 Å². The van der Waals surface area contributed by atoms with E-state index in [4.69, 9.17) is 4.74 Å². The highest BCUT2D eigenvalue weighted by Gasteiger charge is 2.58. The van der Waals surface area contributed by atoms with Crippen LogP contribution in [0.3, 0.4) is 0 Å². The van der Waals surface area contributed by atoms with Crippen LogP contribution in [0.25, 0.3) is 10.8 Å². The summed E-state index contributed by atoms with van der Waals surface area (Å²) in [5.74, 6) is 1.73. The topological polar surface area (TPSA) is 83.0 Å². The second kappa shape index (κ2) is 10.3. The van der Waals surface area contributed by atoms with Crippen LogP contribution in [-0.2, 0) is 16.1 Å². The molecule has 7 nitrogen and oxygen atoms in total. The molecular weight excluding hydrogens is 543 g/mol. The molecule has 2 bridgehead atoms. The Hall–Kier alpha value is -2.62. The van der Waals surface area contributed by atoms with Crippen LogP contribution in [-0.4, -0.2) is 49.4 Å². The molecule has 0 spiro atoms. The molecular formula is C26H31IN4O3. The summed E-state index contributed by atoms with van der Waals surface area (Å²) in [6.45, 7) is 4.11. The van der Waals surface area contributed by atoms with Crippen molar-refractivity contribution in [3.8, 4) is 5.75 Å². The number of halogens is 1. The average molecular weight is 574 g/mol. The lowest BCUT2D eigenvalue weighted by atomic mass is 9.85. The summed E-state index contributed by atoms with van der Waals surface area (Å²) in [6, 6.07) is 12.3. The minimum atomic E-state index is -0.137. The van der Waals surface area contributed by atoms with Gasteiger partial charge >= 0.3 is 0 Å². The first-order valence-corrected chi connectivity index (χ1v) is 11.7. The number of benzene rings is 2. The number of carbonyl (C=O) groups excluding carboxylic acids is 2. The van der Waals surface area contributed by atoms with Gasteiger partial charge < -0.3 is 15.4 Å². The van der Waals surface area contributed by atoms with E-state index in [1.54, 1.807) is 7.11 Å². The van der Waals surface area contributed by atoms with Crippen molar-refractivity contribution in [3.05, 3.63) is 54.1 Å². The Kier molecular flexibility index (Phi) is 7.45. The van der Waals surface area contributed by atoms with Gasteiger partial charge in [-0.05, 0) is 59.7 Å². The molecule has 5 rings (SSSR count). The van der Waals surface area contributed by atoms with Crippen LogP contribution in [0.4, 0.5) is 0 Å². The minimum absolute atomic E-state index is 0. The summed E-state index contributed by atoms with van der Waals surface area (Å²) < 4.78 is 5.29. The fourth-order valence-electron chi connectivity index (χ4n) is 5.48. The van der Waals surface area contributed by atoms with Crippen molar-refractivity contribution in [3.63, 3.8) is 0 Å². The molecule has 2 amide bonds. The molecule has 2 aromatic carbocycles. The number of allylic oxidation sites excluding steroid dienone is 2. The summed E-state index contributed by atoms with van der Waals surface area (Å²) in [4.78, 5) is 31.8. The number of rotatable bonds is 7. The summed E-state index contributed by atoms with van der Waals surface area (Å²) in [6.07, 6.45) is 5.20. The Balaban J connectivity index is 0.00000274. The zero-order valence-corrected chi connectivity index (χ0v) is 21.8. The SMILES string of the molecule is CCNC(=NCc1ccc2cc(OC)ccc2c1)NCCN1C(=O)C2C3C=CC(C3)C2C1=O.I. The van der Waals surface area contributed by atoms with E-state index in [2.05, 4.69) is 46.0 Å². The van der Waals surface area contributed by atoms with Crippen molar-refractivity contribution in [2.75, 3.05) is 26.7 Å². The molecule has 1 saturated carbocycles. The maximum atomic E-state index is 12.8. The average Bonchev–Trinajstić information content (AvgIpc) is 3.52. The monoisotopic (exact) mass is 574 g/mol. The smallest absolute Gasteiger partial charge is 0.233 e. The largest absolute Gasteiger partial charge is 0.497 e. The Labute approximate surface area is 217 Å². The number of hydrogen-bond acceptors (Lipinski definition) is 4. The number of carbonyl (C=O) groups is 2. The lowest BCUT2D eigenvalue weighted by Gasteiger charge is -2.18. The molecule has 3 aliphatic rings. The van der Waals surface area contributed by atoms with E-state index < -0.39 is 0 Å². The number of guanidine groups is 1. The van der Waals surface area contributed by atoms with E-state index in [0.717, 1.165) is 35.1 Å². The molecule has 2 aromatic rings. The van der Waals surface area contributed by atoms with Crippen LogP contribution < -0.4 is 15.4 Å². The van der Waals surface area contributed by atoms with Gasteiger partial charge in [0.05, 0.1) is 25.5 Å². The number of ether oxygens (including phenoxy) is 1. The van der Waals surface area contributed by atoms with E-state index in [1.165, 1.54) is 4.90 Å². The number of nitrogens with zero attached hydrogens (tertiary/aromatic N) is 2. The molecule has 1 aliphatic heterocycles. The summed E-state index contributed by atoms with van der Waals surface area (Å²) >= 11 is 0. The standard InChI is InChI=1S/C26H30N4O3.HI/c1-3-27-26(29-15-16-4-5-18-14-21(33-2)9-8-17(18)12-16)28-10-11-30-24(31)22-19-6-7-20(13-19)23(22)25(30)32;/h4-9,12,14,19-20,22-23H,3,10-11,13,15H2,1-2H3,(H2,27,28,29);1H. The van der Waals surface area contributed by atoms with Gasteiger partial charge in [-0.15, -0.1) is 24.0 Å². The van der Waals surface area contributed by atoms with Gasteiger partial charge in [-0.2, -0.15) is 0 Å². The highest BCUT2D eigenvalue weighted by atomic mass is 127. The van der Waals surface area contributed by atoms with E-state index in [1.807, 2.05) is 25.1 Å². The number of aliphatic imine (C=N–C) groups is 1. The van der Waals surface area contributed by atoms with Gasteiger partial charge in [0.1, 0.15) is 5.75 Å². The van der Waals surface area contributed by atoms with Crippen molar-refractivity contribution in [2.24, 2.45) is 28.7 Å². The number of imide groups is 1. The van der Waals surface area contributed by atoms with Crippen molar-refractivity contribution in [2.45, 2.75) is 19.9 Å². The normalized spacial score (nSPS) is 25.0. The molecule has 0 aromatic heterocycles. The molecule has 2 fully saturated rings. The zero-order valence-electron chi connectivity index (χ0n) is 19.5. The minimum Gasteiger partial charge on any atom is -0.497 e. The predicted molar refractivity (Wildman–Crippen MR) is 143 cm³/mol. The van der Waals surface area contributed by atoms with Crippen LogP contribution >= 0.6 is 24.0 Å². The third-order valence-electron chi connectivity index (χ3n) is 7.07. The second-order valence-corrected chi connectivity index (χ2v) is 9.00. The fraction of sp³-hybridized carbons (Fsp3) is 0.423. The quantitative estimate of drug-likeness (QED) is 0.174. The Morgan fingerprint density at radius 1 is 1.03 bits per heavy atom. The number of fused-ring (bicyclic) bond motifs is 6. The Bertz CT molecular complexity index is 1120. The van der Waals surface area contributed by atoms with Gasteiger partial charge in [-0.3, -0.25) is 14.5 Å². The third kappa shape index (κ3) is 4.52. The van der Waals surface area contributed by atoms with Crippen LogP contribution in [0.2, 0.25) is 0 Å². The van der Waals surface area contributed by atoms with E-state index in [-0.39, 0.29) is 59.5 Å². The van der Waals surface area contributed by atoms with Crippen molar-refractivity contribution in [1.29, 1.82) is 0 Å². The van der Waals surface area contributed by atoms with E-state index in [0.29, 0.717) is 25.6 Å². The number of methoxy groups -OCH3 is 1. The second-order valence-electron chi connectivity index (χ2n) is 9.00. The molecule has 0 radical (unpaired) electrons. The van der Waals surface area contributed by atoms with E-state index in [9.17, 15) is 9.59 Å². The zero-order chi connectivity index (χ0) is 22.9. The van der Waals surface area contributed by atoms with Crippen LogP contribution in [0.5, 0.6) is 5.75 Å². The first-order valence-electron chi connectivity index (χ1n) is 11.7. The Morgan fingerprint density at radius 2 is 1.71 bits per heavy atom. The molecule has 2 aliphatic carbocycles. The van der Waals surface area contributed by atoms with Crippen molar-refractivity contribution >= 4 is 52.5 Å². The molecule has 4 atom stereocenters. The first-order chi connectivity index (χ1) is 16.1. The molecule has 1 saturated heterocycles. The summed E-state index contributed by atoms with van der Waals surface area (Å²) in [5, 5.41) is 8.78. The van der Waals surface area contributed by atoms with Crippen molar-refractivity contribution in [1.82, 2.24) is 15.5 Å². The van der Waals surface area contributed by atoms with Crippen LogP contribution in [0.1, 0.15) is 18.9 Å². The first kappa shape index (κ1) is 24.5. The molecule has 4 unspecified atom stereocenters. The maximum Gasteiger partial charge on any atom is 0.233 e. The van der Waals surface area contributed by atoms with Gasteiger partial charge in [0, 0.05) is 19.6 Å². The number of hydrogen-bond donors (Lipinski definition) is 2. The highest BCUT2D eigenvalue weighted by Crippen LogP contribution is 2.52. The van der Waals surface area contributed by atoms with Gasteiger partial charge in [-0.25, -0.2) is 4.99 Å². The predicted octanol–water partition coefficient (Wildman–Crippen LogP) is 3.33. The van der Waals surface area contributed by atoms with Gasteiger partial charge in [0.2, 0.25) is 11.8 Å². The van der Waals surface area contributed by atoms with Crippen molar-refractivity contribution < 1.29 is 14.3 Å². The number of amides is 2. The number of nitrogens with one attached hydrogen (secondary N) is 2. The molecule has 1 heterocycles. The fourth-order valence-corrected chi connectivity index (χ4v) is 5.48. The molecule has 34 heavy (non-hydrogen) atoms. The highest BCUT2D eigenvalue weighted by molar-refractivity contribution is 14.0.